The van der Waals surface area contributed by atoms with Crippen LogP contribution in [-0.4, -0.2) is 25.6 Å². The number of anilines is 1. The molecule has 1 heterocycles. The third-order valence-corrected chi connectivity index (χ3v) is 2.87. The summed E-state index contributed by atoms with van der Waals surface area (Å²) in [7, 11) is 4.04. The van der Waals surface area contributed by atoms with Gasteiger partial charge in [0.1, 0.15) is 0 Å². The van der Waals surface area contributed by atoms with Crippen LogP contribution in [0.5, 0.6) is 0 Å². The third-order valence-electron chi connectivity index (χ3n) is 1.86. The molecule has 1 aromatic heterocycles. The van der Waals surface area contributed by atoms with Crippen molar-refractivity contribution in [2.45, 2.75) is 20.4 Å². The summed E-state index contributed by atoms with van der Waals surface area (Å²) in [5, 5.41) is 6.33. The first-order valence-electron chi connectivity index (χ1n) is 4.93. The van der Waals surface area contributed by atoms with E-state index >= 15 is 0 Å². The lowest BCUT2D eigenvalue weighted by Crippen LogP contribution is -2.22. The highest BCUT2D eigenvalue weighted by atomic mass is 32.1. The van der Waals surface area contributed by atoms with Crippen LogP contribution < -0.4 is 10.2 Å². The molecule has 1 N–H and O–H groups in total. The standard InChI is InChI=1S/C10H19N3S/c1-8(2)6-13(4)10-12-9(5-11-3)7-14-10/h7-8,11H,5-6H2,1-4H3. The van der Waals surface area contributed by atoms with Crippen molar-refractivity contribution in [1.82, 2.24) is 10.3 Å². The number of nitrogens with zero attached hydrogens (tertiary/aromatic N) is 2. The molecule has 0 bridgehead atoms. The molecule has 3 nitrogen and oxygen atoms in total. The fourth-order valence-electron chi connectivity index (χ4n) is 1.36. The summed E-state index contributed by atoms with van der Waals surface area (Å²) in [5.74, 6) is 0.677. The Kier molecular flexibility index (Phi) is 4.35. The number of hydrogen-bond donors (Lipinski definition) is 1. The van der Waals surface area contributed by atoms with Gasteiger partial charge in [0.2, 0.25) is 0 Å². The quantitative estimate of drug-likeness (QED) is 0.810. The van der Waals surface area contributed by atoms with Crippen LogP contribution in [-0.2, 0) is 6.54 Å². The lowest BCUT2D eigenvalue weighted by molar-refractivity contribution is 0.636. The summed E-state index contributed by atoms with van der Waals surface area (Å²) in [6.45, 7) is 6.36. The normalized spacial score (nSPS) is 10.9. The molecule has 1 rings (SSSR count). The van der Waals surface area contributed by atoms with Gasteiger partial charge in [0.15, 0.2) is 5.13 Å². The minimum Gasteiger partial charge on any atom is -0.351 e. The van der Waals surface area contributed by atoms with Gasteiger partial charge in [0, 0.05) is 25.5 Å². The zero-order valence-electron chi connectivity index (χ0n) is 9.37. The second kappa shape index (κ2) is 5.32. The molecule has 0 atom stereocenters. The Hall–Kier alpha value is -0.610. The summed E-state index contributed by atoms with van der Waals surface area (Å²) >= 11 is 1.71. The van der Waals surface area contributed by atoms with Gasteiger partial charge >= 0.3 is 0 Å². The first-order chi connectivity index (χ1) is 6.63. The number of thiazole rings is 1. The van der Waals surface area contributed by atoms with Crippen molar-refractivity contribution in [1.29, 1.82) is 0 Å². The maximum Gasteiger partial charge on any atom is 0.185 e. The number of aromatic nitrogens is 1. The predicted octanol–water partition coefficient (Wildman–Crippen LogP) is 1.95. The number of hydrogen-bond acceptors (Lipinski definition) is 4. The molecule has 0 radical (unpaired) electrons. The SMILES string of the molecule is CNCc1csc(N(C)CC(C)C)n1. The van der Waals surface area contributed by atoms with E-state index in [-0.39, 0.29) is 0 Å². The maximum absolute atomic E-state index is 4.53. The Bertz CT molecular complexity index is 270. The highest BCUT2D eigenvalue weighted by Crippen LogP contribution is 2.19. The van der Waals surface area contributed by atoms with Gasteiger partial charge in [-0.05, 0) is 13.0 Å². The van der Waals surface area contributed by atoms with Crippen LogP contribution in [0.4, 0.5) is 5.13 Å². The van der Waals surface area contributed by atoms with Gasteiger partial charge in [-0.2, -0.15) is 0 Å². The molecule has 0 amide bonds. The first-order valence-corrected chi connectivity index (χ1v) is 5.81. The summed E-state index contributed by atoms with van der Waals surface area (Å²) in [6.07, 6.45) is 0. The van der Waals surface area contributed by atoms with Crippen LogP contribution in [0.2, 0.25) is 0 Å². The molecule has 4 heteroatoms. The predicted molar refractivity (Wildman–Crippen MR) is 63.0 cm³/mol. The van der Waals surface area contributed by atoms with Crippen LogP contribution in [0.25, 0.3) is 0 Å². The Morgan fingerprint density at radius 2 is 2.29 bits per heavy atom. The van der Waals surface area contributed by atoms with Crippen LogP contribution in [0.1, 0.15) is 19.5 Å². The molecule has 0 spiro atoms. The second-order valence-electron chi connectivity index (χ2n) is 3.93. The average Bonchev–Trinajstić information content (AvgIpc) is 2.52. The lowest BCUT2D eigenvalue weighted by atomic mass is 10.2. The zero-order valence-corrected chi connectivity index (χ0v) is 10.2. The van der Waals surface area contributed by atoms with E-state index in [0.717, 1.165) is 23.9 Å². The van der Waals surface area contributed by atoms with Crippen LogP contribution >= 0.6 is 11.3 Å². The van der Waals surface area contributed by atoms with Crippen molar-refractivity contribution in [2.75, 3.05) is 25.5 Å². The molecule has 1 aromatic rings. The van der Waals surface area contributed by atoms with E-state index < -0.39 is 0 Å². The van der Waals surface area contributed by atoms with Gasteiger partial charge in [-0.3, -0.25) is 0 Å². The van der Waals surface area contributed by atoms with E-state index in [4.69, 9.17) is 0 Å². The fourth-order valence-corrected chi connectivity index (χ4v) is 2.16. The van der Waals surface area contributed by atoms with Crippen molar-refractivity contribution < 1.29 is 0 Å². The van der Waals surface area contributed by atoms with Crippen molar-refractivity contribution in [3.05, 3.63) is 11.1 Å². The molecule has 0 aliphatic rings. The van der Waals surface area contributed by atoms with Crippen molar-refractivity contribution in [3.8, 4) is 0 Å². The van der Waals surface area contributed by atoms with Gasteiger partial charge in [-0.15, -0.1) is 11.3 Å². The van der Waals surface area contributed by atoms with Gasteiger partial charge in [0.05, 0.1) is 5.69 Å². The van der Waals surface area contributed by atoms with Gasteiger partial charge in [-0.1, -0.05) is 13.8 Å². The molecular formula is C10H19N3S. The van der Waals surface area contributed by atoms with Crippen molar-refractivity contribution in [3.63, 3.8) is 0 Å². The van der Waals surface area contributed by atoms with E-state index in [1.807, 2.05) is 7.05 Å². The molecule has 0 fully saturated rings. The largest absolute Gasteiger partial charge is 0.351 e. The Morgan fingerprint density at radius 1 is 1.57 bits per heavy atom. The first kappa shape index (κ1) is 11.5. The summed E-state index contributed by atoms with van der Waals surface area (Å²) < 4.78 is 0. The average molecular weight is 213 g/mol. The topological polar surface area (TPSA) is 28.2 Å². The fraction of sp³-hybridized carbons (Fsp3) is 0.700. The summed E-state index contributed by atoms with van der Waals surface area (Å²) in [4.78, 5) is 6.75. The van der Waals surface area contributed by atoms with Crippen LogP contribution in [0.3, 0.4) is 0 Å². The van der Waals surface area contributed by atoms with Crippen LogP contribution in [0.15, 0.2) is 5.38 Å². The second-order valence-corrected chi connectivity index (χ2v) is 4.76. The summed E-state index contributed by atoms with van der Waals surface area (Å²) in [6, 6.07) is 0. The van der Waals surface area contributed by atoms with Gasteiger partial charge in [0.25, 0.3) is 0 Å². The molecule has 0 aromatic carbocycles. The minimum absolute atomic E-state index is 0.677. The van der Waals surface area contributed by atoms with E-state index in [1.165, 1.54) is 0 Å². The van der Waals surface area contributed by atoms with Gasteiger partial charge < -0.3 is 10.2 Å². The Morgan fingerprint density at radius 3 is 2.86 bits per heavy atom. The monoisotopic (exact) mass is 213 g/mol. The highest BCUT2D eigenvalue weighted by Gasteiger charge is 2.07. The zero-order chi connectivity index (χ0) is 10.6. The molecule has 14 heavy (non-hydrogen) atoms. The summed E-state index contributed by atoms with van der Waals surface area (Å²) in [5.41, 5.74) is 1.13. The minimum atomic E-state index is 0.677. The molecule has 80 valence electrons. The number of rotatable bonds is 5. The van der Waals surface area contributed by atoms with E-state index in [1.54, 1.807) is 11.3 Å². The maximum atomic E-state index is 4.53. The van der Waals surface area contributed by atoms with E-state index in [0.29, 0.717) is 5.92 Å². The molecule has 0 unspecified atom stereocenters. The molecule has 0 aliphatic carbocycles. The van der Waals surface area contributed by atoms with E-state index in [9.17, 15) is 0 Å². The van der Waals surface area contributed by atoms with Crippen LogP contribution in [0, 0.1) is 5.92 Å². The molecule has 0 aliphatic heterocycles. The van der Waals surface area contributed by atoms with Crippen molar-refractivity contribution >= 4 is 16.5 Å². The number of nitrogens with one attached hydrogen (secondary N) is 1. The Balaban J connectivity index is 2.57. The Labute approximate surface area is 90.2 Å². The third kappa shape index (κ3) is 3.27. The molecular weight excluding hydrogens is 194 g/mol. The highest BCUT2D eigenvalue weighted by molar-refractivity contribution is 7.13. The van der Waals surface area contributed by atoms with Crippen molar-refractivity contribution in [2.24, 2.45) is 5.92 Å². The van der Waals surface area contributed by atoms with E-state index in [2.05, 4.69) is 41.5 Å². The van der Waals surface area contributed by atoms with Gasteiger partial charge in [-0.25, -0.2) is 4.98 Å². The molecule has 0 saturated heterocycles. The molecule has 0 saturated carbocycles. The lowest BCUT2D eigenvalue weighted by Gasteiger charge is -2.17. The smallest absolute Gasteiger partial charge is 0.185 e.